The summed E-state index contributed by atoms with van der Waals surface area (Å²) in [6.07, 6.45) is 3.08. The molecule has 1 unspecified atom stereocenters. The van der Waals surface area contributed by atoms with Gasteiger partial charge in [-0.25, -0.2) is 4.67 Å². The van der Waals surface area contributed by atoms with E-state index in [2.05, 4.69) is 45.4 Å². The number of hydrogen-bond donors (Lipinski definition) is 0. The van der Waals surface area contributed by atoms with E-state index in [1.165, 1.54) is 5.57 Å². The molecule has 1 atom stereocenters. The van der Waals surface area contributed by atoms with Gasteiger partial charge in [-0.2, -0.15) is 0 Å². The van der Waals surface area contributed by atoms with Crippen LogP contribution in [0.1, 0.15) is 48.0 Å². The van der Waals surface area contributed by atoms with Crippen molar-refractivity contribution in [3.05, 3.63) is 11.6 Å². The van der Waals surface area contributed by atoms with Gasteiger partial charge in [-0.1, -0.05) is 11.6 Å². The van der Waals surface area contributed by atoms with Crippen molar-refractivity contribution in [3.8, 4) is 0 Å². The lowest BCUT2D eigenvalue weighted by molar-refractivity contribution is 0.264. The molecule has 2 nitrogen and oxygen atoms in total. The summed E-state index contributed by atoms with van der Waals surface area (Å²) < 4.78 is 7.94. The molecule has 0 aliphatic heterocycles. The zero-order chi connectivity index (χ0) is 12.7. The van der Waals surface area contributed by atoms with E-state index in [0.29, 0.717) is 18.7 Å². The maximum Gasteiger partial charge on any atom is 0.207 e. The molecule has 0 aliphatic rings. The van der Waals surface area contributed by atoms with Crippen LogP contribution < -0.4 is 0 Å². The van der Waals surface area contributed by atoms with Gasteiger partial charge in [0.05, 0.1) is 6.61 Å². The summed E-state index contributed by atoms with van der Waals surface area (Å²) in [5.74, 6) is 0. The molecule has 0 saturated heterocycles. The minimum absolute atomic E-state index is 0.423. The predicted molar refractivity (Wildman–Crippen MR) is 74.9 cm³/mol. The normalized spacial score (nSPS) is 15.2. The second-order valence-corrected chi connectivity index (χ2v) is 6.55. The third-order valence-corrected chi connectivity index (χ3v) is 4.93. The zero-order valence-electron chi connectivity index (χ0n) is 11.3. The Kier molecular flexibility index (Phi) is 8.67. The highest BCUT2D eigenvalue weighted by atomic mass is 35.7. The third kappa shape index (κ3) is 6.20. The van der Waals surface area contributed by atoms with Gasteiger partial charge in [0.15, 0.2) is 0 Å². The Morgan fingerprint density at radius 2 is 1.81 bits per heavy atom. The van der Waals surface area contributed by atoms with Crippen LogP contribution in [0.4, 0.5) is 0 Å². The second kappa shape index (κ2) is 8.47. The van der Waals surface area contributed by atoms with Crippen molar-refractivity contribution in [2.24, 2.45) is 0 Å². The van der Waals surface area contributed by atoms with E-state index in [-0.39, 0.29) is 0 Å². The van der Waals surface area contributed by atoms with E-state index in [9.17, 15) is 0 Å². The fourth-order valence-corrected chi connectivity index (χ4v) is 3.81. The third-order valence-electron chi connectivity index (χ3n) is 2.43. The van der Waals surface area contributed by atoms with Gasteiger partial charge in [-0.15, -0.1) is 0 Å². The molecular formula is C12H25ClNOP. The van der Waals surface area contributed by atoms with E-state index in [1.54, 1.807) is 0 Å². The van der Waals surface area contributed by atoms with Crippen molar-refractivity contribution in [3.63, 3.8) is 0 Å². The van der Waals surface area contributed by atoms with E-state index in [1.807, 2.05) is 6.92 Å². The minimum Gasteiger partial charge on any atom is -0.331 e. The first kappa shape index (κ1) is 16.4. The predicted octanol–water partition coefficient (Wildman–Crippen LogP) is 4.94. The summed E-state index contributed by atoms with van der Waals surface area (Å²) in [5, 5.41) is 0. The first-order valence-corrected chi connectivity index (χ1v) is 8.00. The fraction of sp³-hybridized carbons (Fsp3) is 0.833. The molecule has 0 saturated carbocycles. The molecule has 0 aromatic heterocycles. The molecular weight excluding hydrogens is 241 g/mol. The van der Waals surface area contributed by atoms with E-state index in [4.69, 9.17) is 15.8 Å². The quantitative estimate of drug-likeness (QED) is 0.477. The first-order valence-electron chi connectivity index (χ1n) is 5.89. The molecule has 0 bridgehead atoms. The van der Waals surface area contributed by atoms with Gasteiger partial charge in [0, 0.05) is 12.1 Å². The van der Waals surface area contributed by atoms with Crippen LogP contribution in [0, 0.1) is 0 Å². The average molecular weight is 266 g/mol. The summed E-state index contributed by atoms with van der Waals surface area (Å²) in [4.78, 5) is 0. The Morgan fingerprint density at radius 3 is 2.19 bits per heavy atom. The molecule has 0 aromatic carbocycles. The lowest BCUT2D eigenvalue weighted by Crippen LogP contribution is -2.31. The maximum atomic E-state index is 6.31. The highest BCUT2D eigenvalue weighted by molar-refractivity contribution is 7.78. The van der Waals surface area contributed by atoms with Crippen LogP contribution >= 0.6 is 18.9 Å². The molecule has 0 fully saturated rings. The average Bonchev–Trinajstić information content (AvgIpc) is 2.16. The summed E-state index contributed by atoms with van der Waals surface area (Å²) in [5.41, 5.74) is 1.35. The van der Waals surface area contributed by atoms with Crippen molar-refractivity contribution in [1.29, 1.82) is 0 Å². The Balaban J connectivity index is 4.07. The Hall–Kier alpha value is 0.380. The highest BCUT2D eigenvalue weighted by Crippen LogP contribution is 2.49. The molecule has 0 heterocycles. The summed E-state index contributed by atoms with van der Waals surface area (Å²) in [6, 6.07) is 0.845. The molecule has 0 rings (SSSR count). The van der Waals surface area contributed by atoms with Gasteiger partial charge in [0.1, 0.15) is 0 Å². The number of halogens is 1. The van der Waals surface area contributed by atoms with Crippen LogP contribution in [0.25, 0.3) is 0 Å². The van der Waals surface area contributed by atoms with Crippen molar-refractivity contribution in [2.45, 2.75) is 60.0 Å². The Bertz CT molecular complexity index is 211. The van der Waals surface area contributed by atoms with Crippen LogP contribution in [-0.4, -0.2) is 23.4 Å². The lowest BCUT2D eigenvalue weighted by Gasteiger charge is -2.33. The lowest BCUT2D eigenvalue weighted by atomic mass is 10.2. The number of hydrogen-bond acceptors (Lipinski definition) is 2. The van der Waals surface area contributed by atoms with Crippen LogP contribution in [0.3, 0.4) is 0 Å². The molecule has 0 radical (unpaired) electrons. The van der Waals surface area contributed by atoms with Crippen molar-refractivity contribution < 1.29 is 4.52 Å². The van der Waals surface area contributed by atoms with Crippen molar-refractivity contribution >= 4 is 18.9 Å². The Labute approximate surface area is 107 Å². The SMILES string of the molecule is CC=C(C)CCOP(Cl)N(C(C)C)C(C)C. The van der Waals surface area contributed by atoms with Gasteiger partial charge in [-0.3, -0.25) is 0 Å². The largest absolute Gasteiger partial charge is 0.331 e. The van der Waals surface area contributed by atoms with E-state index >= 15 is 0 Å². The number of rotatable bonds is 7. The number of allylic oxidation sites excluding steroid dienone is 1. The minimum atomic E-state index is -0.980. The van der Waals surface area contributed by atoms with Gasteiger partial charge >= 0.3 is 0 Å². The van der Waals surface area contributed by atoms with Crippen molar-refractivity contribution in [1.82, 2.24) is 4.67 Å². The smallest absolute Gasteiger partial charge is 0.207 e. The fourth-order valence-electron chi connectivity index (χ4n) is 1.45. The highest BCUT2D eigenvalue weighted by Gasteiger charge is 2.23. The van der Waals surface area contributed by atoms with Gasteiger partial charge in [-0.05, 0) is 59.2 Å². The molecule has 96 valence electrons. The second-order valence-electron chi connectivity index (χ2n) is 4.51. The summed E-state index contributed by atoms with van der Waals surface area (Å²) in [6.45, 7) is 13.5. The molecule has 4 heteroatoms. The molecule has 0 N–H and O–H groups in total. The molecule has 0 amide bonds. The molecule has 0 spiro atoms. The van der Waals surface area contributed by atoms with E-state index in [0.717, 1.165) is 6.42 Å². The zero-order valence-corrected chi connectivity index (χ0v) is 13.0. The van der Waals surface area contributed by atoms with Crippen LogP contribution in [0.2, 0.25) is 0 Å². The van der Waals surface area contributed by atoms with Gasteiger partial charge in [0.2, 0.25) is 7.65 Å². The first-order chi connectivity index (χ1) is 7.40. The van der Waals surface area contributed by atoms with Crippen LogP contribution in [-0.2, 0) is 4.52 Å². The summed E-state index contributed by atoms with van der Waals surface area (Å²) >= 11 is 6.31. The van der Waals surface area contributed by atoms with Gasteiger partial charge < -0.3 is 4.52 Å². The van der Waals surface area contributed by atoms with Crippen LogP contribution in [0.5, 0.6) is 0 Å². The number of nitrogens with zero attached hydrogens (tertiary/aromatic N) is 1. The van der Waals surface area contributed by atoms with Crippen LogP contribution in [0.15, 0.2) is 11.6 Å². The Morgan fingerprint density at radius 1 is 1.31 bits per heavy atom. The molecule has 0 aliphatic carbocycles. The molecule has 16 heavy (non-hydrogen) atoms. The maximum absolute atomic E-state index is 6.31. The summed E-state index contributed by atoms with van der Waals surface area (Å²) in [7, 11) is -0.980. The monoisotopic (exact) mass is 265 g/mol. The molecule has 0 aromatic rings. The van der Waals surface area contributed by atoms with Gasteiger partial charge in [0.25, 0.3) is 0 Å². The van der Waals surface area contributed by atoms with Crippen molar-refractivity contribution in [2.75, 3.05) is 6.61 Å². The standard InChI is InChI=1S/C12H25ClNOP/c1-7-12(6)8-9-15-16(13)14(10(2)3)11(4)5/h7,10-11H,8-9H2,1-6H3. The topological polar surface area (TPSA) is 12.5 Å². The van der Waals surface area contributed by atoms with E-state index < -0.39 is 7.65 Å².